The number of rotatable bonds is 5. The lowest BCUT2D eigenvalue weighted by Gasteiger charge is -2.24. The number of benzene rings is 1. The van der Waals surface area contributed by atoms with Gasteiger partial charge in [0.2, 0.25) is 11.8 Å². The van der Waals surface area contributed by atoms with Crippen LogP contribution in [-0.4, -0.2) is 44.0 Å². The Hall–Kier alpha value is -1.79. The summed E-state index contributed by atoms with van der Waals surface area (Å²) in [6.07, 6.45) is 4.10. The number of amides is 2. The molecule has 26 heavy (non-hydrogen) atoms. The Labute approximate surface area is 161 Å². The summed E-state index contributed by atoms with van der Waals surface area (Å²) in [7, 11) is 0. The molecule has 3 N–H and O–H groups in total. The lowest BCUT2D eigenvalue weighted by molar-refractivity contribution is -0.129. The van der Waals surface area contributed by atoms with Crippen LogP contribution in [0, 0.1) is 5.92 Å². The third kappa shape index (κ3) is 5.35. The molecule has 0 aliphatic carbocycles. The Balaban J connectivity index is 0.00000243. The second-order valence-electron chi connectivity index (χ2n) is 6.99. The molecule has 2 aliphatic rings. The molecule has 0 bridgehead atoms. The van der Waals surface area contributed by atoms with E-state index in [1.807, 2.05) is 18.2 Å². The fourth-order valence-corrected chi connectivity index (χ4v) is 3.49. The molecule has 1 atom stereocenters. The molecule has 0 aromatic heterocycles. The van der Waals surface area contributed by atoms with Gasteiger partial charge in [-0.3, -0.25) is 9.59 Å². The topological polar surface area (TPSA) is 73.5 Å². The molecule has 0 spiro atoms. The summed E-state index contributed by atoms with van der Waals surface area (Å²) < 4.78 is 0. The predicted molar refractivity (Wildman–Crippen MR) is 107 cm³/mol. The SMILES string of the molecule is CC(NC(=O)C1CCNCC1)C(=O)Nc1cccc(N2CCCC2)c1.Cl. The molecule has 2 saturated heterocycles. The van der Waals surface area contributed by atoms with Crippen LogP contribution in [0.3, 0.4) is 0 Å². The van der Waals surface area contributed by atoms with Crippen molar-refractivity contribution in [2.24, 2.45) is 5.92 Å². The van der Waals surface area contributed by atoms with Crippen molar-refractivity contribution in [3.63, 3.8) is 0 Å². The molecular formula is C19H29ClN4O2. The van der Waals surface area contributed by atoms with Crippen LogP contribution in [0.1, 0.15) is 32.6 Å². The van der Waals surface area contributed by atoms with Crippen molar-refractivity contribution >= 4 is 35.6 Å². The van der Waals surface area contributed by atoms with Gasteiger partial charge in [0.1, 0.15) is 6.04 Å². The van der Waals surface area contributed by atoms with E-state index in [9.17, 15) is 9.59 Å². The largest absolute Gasteiger partial charge is 0.371 e. The Kier molecular flexibility index (Phi) is 7.72. The number of carbonyl (C=O) groups excluding carboxylic acids is 2. The molecule has 2 fully saturated rings. The zero-order valence-electron chi connectivity index (χ0n) is 15.3. The molecule has 6 nitrogen and oxygen atoms in total. The monoisotopic (exact) mass is 380 g/mol. The normalized spacial score (nSPS) is 18.7. The van der Waals surface area contributed by atoms with Gasteiger partial charge in [-0.2, -0.15) is 0 Å². The first-order valence-corrected chi connectivity index (χ1v) is 9.30. The number of hydrogen-bond donors (Lipinski definition) is 3. The van der Waals surface area contributed by atoms with Gasteiger partial charge in [-0.25, -0.2) is 0 Å². The zero-order valence-corrected chi connectivity index (χ0v) is 16.1. The molecule has 7 heteroatoms. The molecule has 2 heterocycles. The van der Waals surface area contributed by atoms with Crippen molar-refractivity contribution in [3.05, 3.63) is 24.3 Å². The number of hydrogen-bond acceptors (Lipinski definition) is 4. The van der Waals surface area contributed by atoms with Crippen molar-refractivity contribution in [1.29, 1.82) is 0 Å². The molecule has 1 aromatic carbocycles. The van der Waals surface area contributed by atoms with Crippen molar-refractivity contribution in [1.82, 2.24) is 10.6 Å². The van der Waals surface area contributed by atoms with E-state index in [1.54, 1.807) is 6.92 Å². The Morgan fingerprint density at radius 3 is 2.58 bits per heavy atom. The lowest BCUT2D eigenvalue weighted by atomic mass is 9.97. The van der Waals surface area contributed by atoms with Gasteiger partial charge in [-0.15, -0.1) is 12.4 Å². The first-order chi connectivity index (χ1) is 12.1. The number of halogens is 1. The van der Waals surface area contributed by atoms with Gasteiger partial charge >= 0.3 is 0 Å². The maximum absolute atomic E-state index is 12.4. The van der Waals surface area contributed by atoms with Gasteiger partial charge in [0, 0.05) is 30.4 Å². The average molecular weight is 381 g/mol. The van der Waals surface area contributed by atoms with Crippen LogP contribution in [-0.2, 0) is 9.59 Å². The summed E-state index contributed by atoms with van der Waals surface area (Å²) in [6.45, 7) is 5.60. The van der Waals surface area contributed by atoms with Crippen LogP contribution < -0.4 is 20.9 Å². The van der Waals surface area contributed by atoms with Crippen molar-refractivity contribution < 1.29 is 9.59 Å². The maximum Gasteiger partial charge on any atom is 0.246 e. The van der Waals surface area contributed by atoms with E-state index in [2.05, 4.69) is 26.9 Å². The fraction of sp³-hybridized carbons (Fsp3) is 0.579. The van der Waals surface area contributed by atoms with E-state index >= 15 is 0 Å². The smallest absolute Gasteiger partial charge is 0.246 e. The van der Waals surface area contributed by atoms with Crippen LogP contribution in [0.2, 0.25) is 0 Å². The summed E-state index contributed by atoms with van der Waals surface area (Å²) in [5, 5.41) is 9.01. The highest BCUT2D eigenvalue weighted by Crippen LogP contribution is 2.23. The molecule has 0 radical (unpaired) electrons. The van der Waals surface area contributed by atoms with Crippen molar-refractivity contribution in [2.75, 3.05) is 36.4 Å². The van der Waals surface area contributed by atoms with Crippen LogP contribution in [0.5, 0.6) is 0 Å². The molecule has 1 aromatic rings. The van der Waals surface area contributed by atoms with Crippen LogP contribution >= 0.6 is 12.4 Å². The van der Waals surface area contributed by atoms with Gasteiger partial charge in [0.25, 0.3) is 0 Å². The Morgan fingerprint density at radius 2 is 1.88 bits per heavy atom. The van der Waals surface area contributed by atoms with Crippen LogP contribution in [0.4, 0.5) is 11.4 Å². The third-order valence-corrected chi connectivity index (χ3v) is 5.05. The first-order valence-electron chi connectivity index (χ1n) is 9.30. The predicted octanol–water partition coefficient (Wildman–Crippen LogP) is 2.15. The quantitative estimate of drug-likeness (QED) is 0.731. The molecule has 0 saturated carbocycles. The van der Waals surface area contributed by atoms with Crippen LogP contribution in [0.25, 0.3) is 0 Å². The highest BCUT2D eigenvalue weighted by atomic mass is 35.5. The maximum atomic E-state index is 12.4. The third-order valence-electron chi connectivity index (χ3n) is 5.05. The Morgan fingerprint density at radius 1 is 1.19 bits per heavy atom. The molecule has 144 valence electrons. The molecule has 1 unspecified atom stereocenters. The van der Waals surface area contributed by atoms with E-state index in [1.165, 1.54) is 12.8 Å². The van der Waals surface area contributed by atoms with E-state index < -0.39 is 6.04 Å². The summed E-state index contributed by atoms with van der Waals surface area (Å²) >= 11 is 0. The second kappa shape index (κ2) is 9.78. The van der Waals surface area contributed by atoms with Crippen molar-refractivity contribution in [3.8, 4) is 0 Å². The highest BCUT2D eigenvalue weighted by molar-refractivity contribution is 5.97. The summed E-state index contributed by atoms with van der Waals surface area (Å²) in [5.74, 6) is -0.189. The molecule has 3 rings (SSSR count). The first kappa shape index (κ1) is 20.5. The van der Waals surface area contributed by atoms with Crippen molar-refractivity contribution in [2.45, 2.75) is 38.6 Å². The number of anilines is 2. The van der Waals surface area contributed by atoms with Gasteiger partial charge < -0.3 is 20.9 Å². The summed E-state index contributed by atoms with van der Waals surface area (Å²) in [6, 6.07) is 7.38. The minimum Gasteiger partial charge on any atom is -0.371 e. The average Bonchev–Trinajstić information content (AvgIpc) is 3.17. The Bertz CT molecular complexity index is 613. The molecular weight excluding hydrogens is 352 g/mol. The molecule has 2 aliphatic heterocycles. The lowest BCUT2D eigenvalue weighted by Crippen LogP contribution is -2.46. The minimum absolute atomic E-state index is 0. The zero-order chi connectivity index (χ0) is 17.6. The standard InChI is InChI=1S/C19H28N4O2.ClH/c1-14(21-19(25)15-7-9-20-10-8-15)18(24)22-16-5-4-6-17(13-16)23-11-2-3-12-23;/h4-6,13-15,20H,2-3,7-12H2,1H3,(H,21,25)(H,22,24);1H. The summed E-state index contributed by atoms with van der Waals surface area (Å²) in [5.41, 5.74) is 1.92. The van der Waals surface area contributed by atoms with Gasteiger partial charge in [-0.1, -0.05) is 6.07 Å². The molecule has 2 amide bonds. The van der Waals surface area contributed by atoms with E-state index in [0.717, 1.165) is 50.4 Å². The van der Waals surface area contributed by atoms with E-state index in [0.29, 0.717) is 0 Å². The minimum atomic E-state index is -0.544. The fourth-order valence-electron chi connectivity index (χ4n) is 3.49. The van der Waals surface area contributed by atoms with Gasteiger partial charge in [-0.05, 0) is 63.9 Å². The van der Waals surface area contributed by atoms with Gasteiger partial charge in [0.05, 0.1) is 0 Å². The number of nitrogens with one attached hydrogen (secondary N) is 3. The number of nitrogens with zero attached hydrogens (tertiary/aromatic N) is 1. The van der Waals surface area contributed by atoms with E-state index in [4.69, 9.17) is 0 Å². The number of carbonyl (C=O) groups is 2. The van der Waals surface area contributed by atoms with Crippen LogP contribution in [0.15, 0.2) is 24.3 Å². The summed E-state index contributed by atoms with van der Waals surface area (Å²) in [4.78, 5) is 27.0. The second-order valence-corrected chi connectivity index (χ2v) is 6.99. The van der Waals surface area contributed by atoms with E-state index in [-0.39, 0.29) is 30.1 Å². The van der Waals surface area contributed by atoms with Gasteiger partial charge in [0.15, 0.2) is 0 Å². The highest BCUT2D eigenvalue weighted by Gasteiger charge is 2.24. The number of piperidine rings is 1.